The molecule has 1 heteroatoms. The van der Waals surface area contributed by atoms with Crippen molar-refractivity contribution in [1.29, 1.82) is 0 Å². The highest BCUT2D eigenvalue weighted by atomic mass is 32.2. The molecule has 0 aromatic rings. The van der Waals surface area contributed by atoms with Crippen molar-refractivity contribution in [1.82, 2.24) is 0 Å². The predicted octanol–water partition coefficient (Wildman–Crippen LogP) is 9.17. The van der Waals surface area contributed by atoms with Gasteiger partial charge < -0.3 is 0 Å². The Balaban J connectivity index is 2.93. The van der Waals surface area contributed by atoms with Crippen molar-refractivity contribution in [2.24, 2.45) is 0 Å². The molecule has 0 atom stereocenters. The fourth-order valence-electron chi connectivity index (χ4n) is 3.50. The number of thioether (sulfide) groups is 1. The summed E-state index contributed by atoms with van der Waals surface area (Å²) < 4.78 is 0. The maximum absolute atomic E-state index is 2.30. The van der Waals surface area contributed by atoms with Gasteiger partial charge in [0.15, 0.2) is 0 Å². The van der Waals surface area contributed by atoms with Gasteiger partial charge in [-0.05, 0) is 18.4 Å². The lowest BCUT2D eigenvalue weighted by atomic mass is 10.0. The van der Waals surface area contributed by atoms with E-state index in [0.29, 0.717) is 0 Å². The van der Waals surface area contributed by atoms with Crippen LogP contribution in [-0.4, -0.2) is 12.0 Å². The molecule has 0 aromatic carbocycles. The zero-order chi connectivity index (χ0) is 17.6. The lowest BCUT2D eigenvalue weighted by Crippen LogP contribution is -1.84. The first-order chi connectivity index (χ1) is 11.9. The third-order valence-electron chi connectivity index (χ3n) is 5.20. The summed E-state index contributed by atoms with van der Waals surface area (Å²) in [5, 5.41) is 0. The van der Waals surface area contributed by atoms with Gasteiger partial charge in [0.05, 0.1) is 0 Å². The van der Waals surface area contributed by atoms with Gasteiger partial charge >= 0.3 is 0 Å². The number of unbranched alkanes of at least 4 members (excludes halogenated alkanes) is 19. The molecular formula is C23H48S. The van der Waals surface area contributed by atoms with E-state index in [-0.39, 0.29) is 0 Å². The SMILES string of the molecule is CCCCCCCCCCCCCCCCCCCCCCSC. The van der Waals surface area contributed by atoms with Crippen molar-refractivity contribution < 1.29 is 0 Å². The molecule has 0 aromatic heterocycles. The zero-order valence-corrected chi connectivity index (χ0v) is 18.1. The van der Waals surface area contributed by atoms with E-state index in [1.807, 2.05) is 11.8 Å². The molecule has 0 unspecified atom stereocenters. The first-order valence-corrected chi connectivity index (χ1v) is 12.8. The molecule has 0 saturated heterocycles. The third kappa shape index (κ3) is 22.4. The van der Waals surface area contributed by atoms with Gasteiger partial charge in [-0.1, -0.05) is 129 Å². The quantitative estimate of drug-likeness (QED) is 0.185. The second kappa shape index (κ2) is 23.4. The van der Waals surface area contributed by atoms with Crippen LogP contribution >= 0.6 is 11.8 Å². The number of hydrogen-bond acceptors (Lipinski definition) is 1. The smallest absolute Gasteiger partial charge is 0.00703 e. The van der Waals surface area contributed by atoms with Gasteiger partial charge in [-0.2, -0.15) is 11.8 Å². The maximum Gasteiger partial charge on any atom is -0.00703 e. The molecule has 0 heterocycles. The van der Waals surface area contributed by atoms with Gasteiger partial charge in [-0.25, -0.2) is 0 Å². The van der Waals surface area contributed by atoms with Crippen molar-refractivity contribution >= 4 is 11.8 Å². The van der Waals surface area contributed by atoms with Crippen LogP contribution in [0.3, 0.4) is 0 Å². The minimum Gasteiger partial charge on any atom is -0.165 e. The van der Waals surface area contributed by atoms with E-state index >= 15 is 0 Å². The average Bonchev–Trinajstić information content (AvgIpc) is 2.60. The lowest BCUT2D eigenvalue weighted by molar-refractivity contribution is 0.523. The summed E-state index contributed by atoms with van der Waals surface area (Å²) in [5.41, 5.74) is 0. The summed E-state index contributed by atoms with van der Waals surface area (Å²) in [6.45, 7) is 2.30. The Morgan fingerprint density at radius 1 is 0.375 bits per heavy atom. The van der Waals surface area contributed by atoms with Gasteiger partial charge in [-0.3, -0.25) is 0 Å². The van der Waals surface area contributed by atoms with E-state index < -0.39 is 0 Å². The largest absolute Gasteiger partial charge is 0.165 e. The van der Waals surface area contributed by atoms with E-state index in [9.17, 15) is 0 Å². The first-order valence-electron chi connectivity index (χ1n) is 11.4. The molecule has 0 aliphatic rings. The van der Waals surface area contributed by atoms with Crippen LogP contribution in [0.1, 0.15) is 135 Å². The molecule has 0 aliphatic carbocycles. The minimum atomic E-state index is 1.36. The highest BCUT2D eigenvalue weighted by molar-refractivity contribution is 7.98. The summed E-state index contributed by atoms with van der Waals surface area (Å²) in [6, 6.07) is 0. The number of hydrogen-bond donors (Lipinski definition) is 0. The average molecular weight is 357 g/mol. The summed E-state index contributed by atoms with van der Waals surface area (Å²) in [6.07, 6.45) is 31.7. The van der Waals surface area contributed by atoms with Crippen molar-refractivity contribution in [3.8, 4) is 0 Å². The summed E-state index contributed by atoms with van der Waals surface area (Å²) in [5.74, 6) is 1.36. The maximum atomic E-state index is 2.30. The normalized spacial score (nSPS) is 11.2. The van der Waals surface area contributed by atoms with E-state index in [4.69, 9.17) is 0 Å². The summed E-state index contributed by atoms with van der Waals surface area (Å²) in [4.78, 5) is 0. The van der Waals surface area contributed by atoms with E-state index in [2.05, 4.69) is 13.2 Å². The molecule has 0 saturated carbocycles. The Hall–Kier alpha value is 0.350. The second-order valence-corrected chi connectivity index (χ2v) is 8.70. The van der Waals surface area contributed by atoms with E-state index in [1.165, 1.54) is 134 Å². The van der Waals surface area contributed by atoms with Crippen LogP contribution in [-0.2, 0) is 0 Å². The summed E-state index contributed by atoms with van der Waals surface area (Å²) >= 11 is 1.99. The molecule has 0 fully saturated rings. The monoisotopic (exact) mass is 356 g/mol. The van der Waals surface area contributed by atoms with Crippen LogP contribution in [0.2, 0.25) is 0 Å². The van der Waals surface area contributed by atoms with Gasteiger partial charge in [0.2, 0.25) is 0 Å². The van der Waals surface area contributed by atoms with Gasteiger partial charge in [0.1, 0.15) is 0 Å². The fourth-order valence-corrected chi connectivity index (χ4v) is 3.99. The van der Waals surface area contributed by atoms with Crippen LogP contribution in [0, 0.1) is 0 Å². The minimum absolute atomic E-state index is 1.36. The van der Waals surface area contributed by atoms with Gasteiger partial charge in [-0.15, -0.1) is 0 Å². The molecule has 0 nitrogen and oxygen atoms in total. The second-order valence-electron chi connectivity index (χ2n) is 7.71. The Morgan fingerprint density at radius 3 is 0.875 bits per heavy atom. The standard InChI is InChI=1S/C23H48S/c1-3-4-5-6-7-8-9-10-11-12-13-14-15-16-17-18-19-20-21-22-23-24-2/h3-23H2,1-2H3. The molecular weight excluding hydrogens is 308 g/mol. The zero-order valence-electron chi connectivity index (χ0n) is 17.3. The van der Waals surface area contributed by atoms with Crippen molar-refractivity contribution in [2.45, 2.75) is 135 Å². The Labute approximate surface area is 159 Å². The molecule has 0 radical (unpaired) electrons. The van der Waals surface area contributed by atoms with Gasteiger partial charge in [0, 0.05) is 0 Å². The topological polar surface area (TPSA) is 0 Å². The molecule has 0 N–H and O–H groups in total. The Morgan fingerprint density at radius 2 is 0.625 bits per heavy atom. The summed E-state index contributed by atoms with van der Waals surface area (Å²) in [7, 11) is 0. The number of rotatable bonds is 21. The highest BCUT2D eigenvalue weighted by Gasteiger charge is 1.95. The van der Waals surface area contributed by atoms with Gasteiger partial charge in [0.25, 0.3) is 0 Å². The fraction of sp³-hybridized carbons (Fsp3) is 1.00. The molecule has 0 rings (SSSR count). The van der Waals surface area contributed by atoms with Crippen LogP contribution in [0.15, 0.2) is 0 Å². The highest BCUT2D eigenvalue weighted by Crippen LogP contribution is 2.15. The molecule has 0 spiro atoms. The Kier molecular flexibility index (Phi) is 23.7. The molecule has 0 bridgehead atoms. The lowest BCUT2D eigenvalue weighted by Gasteiger charge is -2.04. The van der Waals surface area contributed by atoms with E-state index in [0.717, 1.165) is 0 Å². The third-order valence-corrected chi connectivity index (χ3v) is 5.90. The predicted molar refractivity (Wildman–Crippen MR) is 116 cm³/mol. The van der Waals surface area contributed by atoms with Crippen LogP contribution in [0.5, 0.6) is 0 Å². The van der Waals surface area contributed by atoms with Crippen molar-refractivity contribution in [3.63, 3.8) is 0 Å². The van der Waals surface area contributed by atoms with Crippen LogP contribution < -0.4 is 0 Å². The van der Waals surface area contributed by atoms with Crippen LogP contribution in [0.4, 0.5) is 0 Å². The Bertz CT molecular complexity index is 180. The molecule has 24 heavy (non-hydrogen) atoms. The van der Waals surface area contributed by atoms with Crippen molar-refractivity contribution in [3.05, 3.63) is 0 Å². The molecule has 0 aliphatic heterocycles. The van der Waals surface area contributed by atoms with E-state index in [1.54, 1.807) is 0 Å². The van der Waals surface area contributed by atoms with Crippen LogP contribution in [0.25, 0.3) is 0 Å². The molecule has 0 amide bonds. The first kappa shape index (κ1) is 24.4. The van der Waals surface area contributed by atoms with Crippen molar-refractivity contribution in [2.75, 3.05) is 12.0 Å². The molecule has 146 valence electrons.